The molecule has 0 saturated carbocycles. The molecule has 0 bridgehead atoms. The number of amides is 1. The van der Waals surface area contributed by atoms with Crippen LogP contribution in [0.4, 0.5) is 9.52 Å². The van der Waals surface area contributed by atoms with Crippen LogP contribution in [-0.4, -0.2) is 50.6 Å². The number of nitrogen functional groups attached to an aromatic ring is 1. The van der Waals surface area contributed by atoms with E-state index in [4.69, 9.17) is 15.5 Å². The maximum Gasteiger partial charge on any atom is 0.234 e. The summed E-state index contributed by atoms with van der Waals surface area (Å²) in [5, 5.41) is 25.0. The zero-order valence-corrected chi connectivity index (χ0v) is 24.6. The Kier molecular flexibility index (Phi) is 7.55. The molecule has 3 heterocycles. The Morgan fingerprint density at radius 2 is 1.83 bits per heavy atom. The van der Waals surface area contributed by atoms with Crippen molar-refractivity contribution in [3.05, 3.63) is 71.2 Å². The Balaban J connectivity index is 1.48. The second-order valence-corrected chi connectivity index (χ2v) is 12.8. The molecule has 5 rings (SSSR count). The number of nitrogens with zero attached hydrogens (tertiary/aromatic N) is 2. The van der Waals surface area contributed by atoms with Gasteiger partial charge in [-0.3, -0.25) is 9.59 Å². The van der Waals surface area contributed by atoms with Crippen molar-refractivity contribution in [3.8, 4) is 17.0 Å². The number of anilines is 1. The maximum atomic E-state index is 13.8. The number of hydrogen-bond donors (Lipinski definition) is 4. The smallest absolute Gasteiger partial charge is 0.234 e. The third-order valence-electron chi connectivity index (χ3n) is 7.49. The SMILES string of the molecule is CC(C)(O)CNC(=O)[C@@]1(C)COc2c1cc([C@@](C)(O)CCC(=O)c1ccc3nc(N)sc3c1)nc2-c1ccc(F)cc1. The topological polar surface area (TPSA) is 148 Å². The van der Waals surface area contributed by atoms with Crippen molar-refractivity contribution in [2.24, 2.45) is 0 Å². The molecule has 2 atom stereocenters. The van der Waals surface area contributed by atoms with E-state index in [1.807, 2.05) is 0 Å². The first-order valence-electron chi connectivity index (χ1n) is 13.5. The molecule has 0 unspecified atom stereocenters. The van der Waals surface area contributed by atoms with Crippen LogP contribution in [0.25, 0.3) is 21.5 Å². The third kappa shape index (κ3) is 5.85. The second kappa shape index (κ2) is 10.7. The molecule has 1 amide bonds. The molecule has 0 spiro atoms. The average Bonchev–Trinajstić information content (AvgIpc) is 3.49. The monoisotopic (exact) mass is 592 g/mol. The van der Waals surface area contributed by atoms with Crippen molar-refractivity contribution in [3.63, 3.8) is 0 Å². The lowest BCUT2D eigenvalue weighted by atomic mass is 9.81. The molecule has 4 aromatic rings. The molecule has 0 aliphatic carbocycles. The van der Waals surface area contributed by atoms with Crippen LogP contribution in [0.3, 0.4) is 0 Å². The summed E-state index contributed by atoms with van der Waals surface area (Å²) in [6.07, 6.45) is 0.0725. The molecule has 1 aliphatic heterocycles. The van der Waals surface area contributed by atoms with E-state index < -0.39 is 22.4 Å². The first-order chi connectivity index (χ1) is 19.7. The molecule has 0 fully saturated rings. The summed E-state index contributed by atoms with van der Waals surface area (Å²) in [6, 6.07) is 12.5. The van der Waals surface area contributed by atoms with E-state index in [0.29, 0.717) is 38.8 Å². The number of aliphatic hydroxyl groups is 2. The zero-order chi connectivity index (χ0) is 30.4. The minimum atomic E-state index is -1.56. The minimum absolute atomic E-state index is 0.00451. The highest BCUT2D eigenvalue weighted by atomic mass is 32.1. The normalized spacial score (nSPS) is 17.9. The number of aromatic nitrogens is 2. The largest absolute Gasteiger partial charge is 0.489 e. The molecule has 220 valence electrons. The first-order valence-corrected chi connectivity index (χ1v) is 14.3. The highest BCUT2D eigenvalue weighted by molar-refractivity contribution is 7.22. The van der Waals surface area contributed by atoms with Crippen LogP contribution in [0.2, 0.25) is 0 Å². The van der Waals surface area contributed by atoms with E-state index in [9.17, 15) is 24.2 Å². The van der Waals surface area contributed by atoms with Gasteiger partial charge >= 0.3 is 0 Å². The highest BCUT2D eigenvalue weighted by Crippen LogP contribution is 2.46. The van der Waals surface area contributed by atoms with Crippen LogP contribution >= 0.6 is 11.3 Å². The molecule has 2 aromatic carbocycles. The number of pyridine rings is 1. The van der Waals surface area contributed by atoms with Crippen LogP contribution in [0, 0.1) is 5.82 Å². The summed E-state index contributed by atoms with van der Waals surface area (Å²) in [5.41, 5.74) is 4.78. The van der Waals surface area contributed by atoms with Gasteiger partial charge in [0.15, 0.2) is 10.9 Å². The second-order valence-electron chi connectivity index (χ2n) is 11.8. The Labute approximate surface area is 246 Å². The van der Waals surface area contributed by atoms with Gasteiger partial charge in [-0.25, -0.2) is 14.4 Å². The van der Waals surface area contributed by atoms with Gasteiger partial charge in [0.25, 0.3) is 0 Å². The van der Waals surface area contributed by atoms with Crippen molar-refractivity contribution in [1.29, 1.82) is 0 Å². The molecular formula is C31H33FN4O5S. The fraction of sp³-hybridized carbons (Fsp3) is 0.355. The maximum absolute atomic E-state index is 13.8. The molecule has 11 heteroatoms. The number of nitrogens with two attached hydrogens (primary N) is 1. The molecule has 2 aromatic heterocycles. The van der Waals surface area contributed by atoms with Crippen molar-refractivity contribution in [2.75, 3.05) is 18.9 Å². The van der Waals surface area contributed by atoms with Crippen LogP contribution in [0.5, 0.6) is 5.75 Å². The van der Waals surface area contributed by atoms with E-state index >= 15 is 0 Å². The summed E-state index contributed by atoms with van der Waals surface area (Å²) in [4.78, 5) is 35.5. The molecule has 1 aliphatic rings. The van der Waals surface area contributed by atoms with E-state index in [1.54, 1.807) is 64.1 Å². The highest BCUT2D eigenvalue weighted by Gasteiger charge is 2.46. The minimum Gasteiger partial charge on any atom is -0.489 e. The number of rotatable bonds is 9. The molecule has 0 saturated heterocycles. The number of hydrogen-bond acceptors (Lipinski definition) is 9. The fourth-order valence-electron chi connectivity index (χ4n) is 4.89. The van der Waals surface area contributed by atoms with Gasteiger partial charge < -0.3 is 26.0 Å². The molecule has 42 heavy (non-hydrogen) atoms. The summed E-state index contributed by atoms with van der Waals surface area (Å²) < 4.78 is 20.6. The third-order valence-corrected chi connectivity index (χ3v) is 8.34. The predicted molar refractivity (Wildman–Crippen MR) is 159 cm³/mol. The number of carbonyl (C=O) groups excluding carboxylic acids is 2. The Morgan fingerprint density at radius 1 is 1.12 bits per heavy atom. The van der Waals surface area contributed by atoms with Gasteiger partial charge in [-0.1, -0.05) is 11.3 Å². The van der Waals surface area contributed by atoms with Gasteiger partial charge in [0.1, 0.15) is 34.9 Å². The van der Waals surface area contributed by atoms with Crippen molar-refractivity contribution >= 4 is 38.4 Å². The lowest BCUT2D eigenvalue weighted by Crippen LogP contribution is -2.48. The van der Waals surface area contributed by atoms with E-state index in [0.717, 1.165) is 4.70 Å². The van der Waals surface area contributed by atoms with Crippen LogP contribution in [0.15, 0.2) is 48.5 Å². The van der Waals surface area contributed by atoms with E-state index in [1.165, 1.54) is 23.5 Å². The van der Waals surface area contributed by atoms with Crippen LogP contribution < -0.4 is 15.8 Å². The Hall–Kier alpha value is -3.93. The standard InChI is InChI=1S/C31H33FN4O5S/c1-29(2,39)15-34-27(38)30(3)16-41-26-20(30)14-24(36-25(26)17-5-8-19(32)9-6-17)31(4,40)12-11-22(37)18-7-10-21-23(13-18)42-28(33)35-21/h5-10,13-14,39-40H,11-12,15-16H2,1-4H3,(H2,33,35)(H,34,38)/t30-,31-/m0/s1. The molecule has 5 N–H and O–H groups in total. The van der Waals surface area contributed by atoms with Crippen molar-refractivity contribution < 1.29 is 28.9 Å². The van der Waals surface area contributed by atoms with E-state index in [2.05, 4.69) is 10.3 Å². The Morgan fingerprint density at radius 3 is 2.52 bits per heavy atom. The number of ketones is 1. The summed E-state index contributed by atoms with van der Waals surface area (Å²) in [6.45, 7) is 6.50. The number of carbonyl (C=O) groups is 2. The Bertz CT molecular complexity index is 1680. The molecule has 9 nitrogen and oxygen atoms in total. The number of nitrogens with one attached hydrogen (secondary N) is 1. The number of halogens is 1. The quantitative estimate of drug-likeness (QED) is 0.208. The number of thiazole rings is 1. The van der Waals surface area contributed by atoms with Gasteiger partial charge in [-0.05, 0) is 82.6 Å². The van der Waals surface area contributed by atoms with Crippen LogP contribution in [-0.2, 0) is 15.8 Å². The predicted octanol–water partition coefficient (Wildman–Crippen LogP) is 4.49. The lowest BCUT2D eigenvalue weighted by Gasteiger charge is -2.27. The van der Waals surface area contributed by atoms with Gasteiger partial charge in [-0.2, -0.15) is 0 Å². The summed E-state index contributed by atoms with van der Waals surface area (Å²) in [5.74, 6) is -0.592. The first kappa shape index (κ1) is 29.6. The van der Waals surface area contributed by atoms with Gasteiger partial charge in [-0.15, -0.1) is 0 Å². The van der Waals surface area contributed by atoms with Gasteiger partial charge in [0, 0.05) is 29.7 Å². The molecular weight excluding hydrogens is 559 g/mol. The number of benzene rings is 2. The van der Waals surface area contributed by atoms with Crippen LogP contribution in [0.1, 0.15) is 62.2 Å². The summed E-state index contributed by atoms with van der Waals surface area (Å²) >= 11 is 1.30. The summed E-state index contributed by atoms with van der Waals surface area (Å²) in [7, 11) is 0. The zero-order valence-electron chi connectivity index (χ0n) is 23.8. The number of ether oxygens (including phenoxy) is 1. The lowest BCUT2D eigenvalue weighted by molar-refractivity contribution is -0.127. The number of Topliss-reactive ketones (excluding diaryl/α,β-unsaturated/α-hetero) is 1. The fourth-order valence-corrected chi connectivity index (χ4v) is 5.66. The molecule has 0 radical (unpaired) electrons. The van der Waals surface area contributed by atoms with Gasteiger partial charge in [0.05, 0.1) is 21.5 Å². The van der Waals surface area contributed by atoms with Crippen molar-refractivity contribution in [1.82, 2.24) is 15.3 Å². The average molecular weight is 593 g/mol. The number of fused-ring (bicyclic) bond motifs is 2. The van der Waals surface area contributed by atoms with E-state index in [-0.39, 0.29) is 43.4 Å². The van der Waals surface area contributed by atoms with Gasteiger partial charge in [0.2, 0.25) is 5.91 Å². The van der Waals surface area contributed by atoms with Crippen molar-refractivity contribution in [2.45, 2.75) is 57.2 Å².